The molecule has 5 nitrogen and oxygen atoms in total. The van der Waals surface area contributed by atoms with Gasteiger partial charge in [-0.15, -0.1) is 0 Å². The predicted octanol–water partition coefficient (Wildman–Crippen LogP) is 2.64. The molecule has 23 heavy (non-hydrogen) atoms. The Morgan fingerprint density at radius 1 is 1.17 bits per heavy atom. The van der Waals surface area contributed by atoms with Crippen LogP contribution in [0.4, 0.5) is 5.69 Å². The van der Waals surface area contributed by atoms with Gasteiger partial charge in [0.05, 0.1) is 23.8 Å². The molecule has 0 radical (unpaired) electrons. The van der Waals surface area contributed by atoms with Gasteiger partial charge in [-0.2, -0.15) is 0 Å². The van der Waals surface area contributed by atoms with Crippen molar-refractivity contribution >= 4 is 15.7 Å². The van der Waals surface area contributed by atoms with Gasteiger partial charge in [0.2, 0.25) is 0 Å². The van der Waals surface area contributed by atoms with E-state index in [9.17, 15) is 13.5 Å². The van der Waals surface area contributed by atoms with Crippen LogP contribution in [0.25, 0.3) is 0 Å². The first kappa shape index (κ1) is 15.8. The summed E-state index contributed by atoms with van der Waals surface area (Å²) in [7, 11) is -2.15. The highest BCUT2D eigenvalue weighted by molar-refractivity contribution is 7.92. The Morgan fingerprint density at radius 2 is 1.87 bits per heavy atom. The van der Waals surface area contributed by atoms with Gasteiger partial charge in [0, 0.05) is 18.2 Å². The van der Waals surface area contributed by atoms with Crippen LogP contribution in [0.3, 0.4) is 0 Å². The summed E-state index contributed by atoms with van der Waals surface area (Å²) in [6.07, 6.45) is -0.301. The van der Waals surface area contributed by atoms with Crippen LogP contribution in [0.2, 0.25) is 0 Å². The number of methoxy groups -OCH3 is 1. The first-order valence-corrected chi connectivity index (χ1v) is 8.83. The molecule has 0 aliphatic carbocycles. The second-order valence-corrected chi connectivity index (χ2v) is 7.48. The molecule has 1 aliphatic heterocycles. The lowest BCUT2D eigenvalue weighted by molar-refractivity contribution is 0.166. The number of aliphatic hydroxyl groups is 1. The van der Waals surface area contributed by atoms with Crippen molar-refractivity contribution in [3.05, 3.63) is 53.6 Å². The number of hydrogen-bond donors (Lipinski definition) is 1. The maximum absolute atomic E-state index is 13.0. The monoisotopic (exact) mass is 333 g/mol. The summed E-state index contributed by atoms with van der Waals surface area (Å²) < 4.78 is 32.5. The van der Waals surface area contributed by atoms with Crippen molar-refractivity contribution in [2.24, 2.45) is 0 Å². The van der Waals surface area contributed by atoms with Crippen LogP contribution in [0, 0.1) is 6.92 Å². The third kappa shape index (κ3) is 2.80. The molecule has 0 aromatic heterocycles. The molecule has 1 atom stereocenters. The van der Waals surface area contributed by atoms with Crippen LogP contribution in [0.1, 0.15) is 23.7 Å². The molecule has 1 heterocycles. The Morgan fingerprint density at radius 3 is 2.52 bits per heavy atom. The molecular weight excluding hydrogens is 314 g/mol. The Labute approximate surface area is 136 Å². The van der Waals surface area contributed by atoms with Crippen LogP contribution < -0.4 is 9.04 Å². The quantitative estimate of drug-likeness (QED) is 0.938. The summed E-state index contributed by atoms with van der Waals surface area (Å²) in [5, 5.41) is 10.2. The normalized spacial score (nSPS) is 17.7. The second-order valence-electron chi connectivity index (χ2n) is 5.62. The molecule has 0 bridgehead atoms. The third-order valence-electron chi connectivity index (χ3n) is 4.08. The van der Waals surface area contributed by atoms with Gasteiger partial charge in [-0.3, -0.25) is 4.31 Å². The van der Waals surface area contributed by atoms with E-state index in [4.69, 9.17) is 4.74 Å². The molecule has 0 saturated heterocycles. The molecule has 1 aliphatic rings. The van der Waals surface area contributed by atoms with Gasteiger partial charge in [-0.25, -0.2) is 8.42 Å². The topological polar surface area (TPSA) is 66.8 Å². The fourth-order valence-corrected chi connectivity index (χ4v) is 4.25. The fourth-order valence-electron chi connectivity index (χ4n) is 2.75. The van der Waals surface area contributed by atoms with Gasteiger partial charge in [-0.1, -0.05) is 23.8 Å². The standard InChI is InChI=1S/C17H19NO4S/c1-12-3-6-14(7-4-12)23(20,21)18-10-9-17(19)15-8-5-13(22-2)11-16(15)18/h3-8,11,17,19H,9-10H2,1-2H3. The highest BCUT2D eigenvalue weighted by atomic mass is 32.2. The SMILES string of the molecule is COc1ccc2c(c1)N(S(=O)(=O)c1ccc(C)cc1)CCC2O. The number of benzene rings is 2. The van der Waals surface area contributed by atoms with Gasteiger partial charge >= 0.3 is 0 Å². The molecule has 2 aromatic carbocycles. The van der Waals surface area contributed by atoms with E-state index in [1.165, 1.54) is 11.4 Å². The number of rotatable bonds is 3. The number of sulfonamides is 1. The van der Waals surface area contributed by atoms with E-state index >= 15 is 0 Å². The highest BCUT2D eigenvalue weighted by Crippen LogP contribution is 2.39. The summed E-state index contributed by atoms with van der Waals surface area (Å²) in [4.78, 5) is 0.244. The van der Waals surface area contributed by atoms with E-state index in [-0.39, 0.29) is 11.4 Å². The number of hydrogen-bond acceptors (Lipinski definition) is 4. The molecule has 3 rings (SSSR count). The lowest BCUT2D eigenvalue weighted by atomic mass is 10.0. The van der Waals surface area contributed by atoms with E-state index in [0.717, 1.165) is 5.56 Å². The number of aliphatic hydroxyl groups excluding tert-OH is 1. The lowest BCUT2D eigenvalue weighted by Gasteiger charge is -2.33. The van der Waals surface area contributed by atoms with Crippen LogP contribution in [0.15, 0.2) is 47.4 Å². The summed E-state index contributed by atoms with van der Waals surface area (Å²) in [5.41, 5.74) is 2.08. The summed E-state index contributed by atoms with van der Waals surface area (Å²) in [6, 6.07) is 11.9. The van der Waals surface area contributed by atoms with Crippen LogP contribution in [-0.4, -0.2) is 27.2 Å². The minimum atomic E-state index is -3.67. The zero-order chi connectivity index (χ0) is 16.6. The molecule has 0 amide bonds. The Hall–Kier alpha value is -2.05. The van der Waals surface area contributed by atoms with Crippen molar-refractivity contribution in [2.45, 2.75) is 24.3 Å². The lowest BCUT2D eigenvalue weighted by Crippen LogP contribution is -2.36. The second kappa shape index (κ2) is 5.86. The zero-order valence-corrected chi connectivity index (χ0v) is 13.9. The Balaban J connectivity index is 2.10. The van der Waals surface area contributed by atoms with Crippen LogP contribution in [0.5, 0.6) is 5.75 Å². The first-order valence-electron chi connectivity index (χ1n) is 7.39. The summed E-state index contributed by atoms with van der Waals surface area (Å²) in [5.74, 6) is 0.557. The number of aryl methyl sites for hydroxylation is 1. The molecule has 122 valence electrons. The van der Waals surface area contributed by atoms with Crippen LogP contribution in [-0.2, 0) is 10.0 Å². The van der Waals surface area contributed by atoms with Crippen molar-refractivity contribution in [3.63, 3.8) is 0 Å². The van der Waals surface area contributed by atoms with Gasteiger partial charge < -0.3 is 9.84 Å². The first-order chi connectivity index (χ1) is 10.9. The molecular formula is C17H19NO4S. The smallest absolute Gasteiger partial charge is 0.264 e. The molecule has 1 N–H and O–H groups in total. The minimum absolute atomic E-state index is 0.234. The van der Waals surface area contributed by atoms with Crippen molar-refractivity contribution < 1.29 is 18.3 Å². The largest absolute Gasteiger partial charge is 0.497 e. The third-order valence-corrected chi connectivity index (χ3v) is 5.91. The average molecular weight is 333 g/mol. The van der Waals surface area contributed by atoms with Crippen molar-refractivity contribution in [1.82, 2.24) is 0 Å². The fraction of sp³-hybridized carbons (Fsp3) is 0.294. The van der Waals surface area contributed by atoms with E-state index < -0.39 is 16.1 Å². The van der Waals surface area contributed by atoms with Crippen LogP contribution >= 0.6 is 0 Å². The van der Waals surface area contributed by atoms with Gasteiger partial charge in [0.15, 0.2) is 0 Å². The van der Waals surface area contributed by atoms with E-state index in [2.05, 4.69) is 0 Å². The predicted molar refractivity (Wildman–Crippen MR) is 88.3 cm³/mol. The van der Waals surface area contributed by atoms with Crippen molar-refractivity contribution in [2.75, 3.05) is 18.0 Å². The molecule has 0 saturated carbocycles. The van der Waals surface area contributed by atoms with Gasteiger partial charge in [0.1, 0.15) is 5.75 Å². The molecule has 2 aromatic rings. The maximum atomic E-state index is 13.0. The number of anilines is 1. The Bertz CT molecular complexity index is 815. The van der Waals surface area contributed by atoms with E-state index in [1.807, 2.05) is 6.92 Å². The van der Waals surface area contributed by atoms with E-state index in [0.29, 0.717) is 23.4 Å². The van der Waals surface area contributed by atoms with Gasteiger partial charge in [0.25, 0.3) is 10.0 Å². The summed E-state index contributed by atoms with van der Waals surface area (Å²) in [6.45, 7) is 2.14. The van der Waals surface area contributed by atoms with Crippen molar-refractivity contribution in [1.29, 1.82) is 0 Å². The summed E-state index contributed by atoms with van der Waals surface area (Å²) >= 11 is 0. The molecule has 0 spiro atoms. The molecule has 6 heteroatoms. The Kier molecular flexibility index (Phi) is 4.04. The van der Waals surface area contributed by atoms with Crippen molar-refractivity contribution in [3.8, 4) is 5.75 Å². The molecule has 0 fully saturated rings. The van der Waals surface area contributed by atoms with E-state index in [1.54, 1.807) is 42.5 Å². The maximum Gasteiger partial charge on any atom is 0.264 e. The average Bonchev–Trinajstić information content (AvgIpc) is 2.55. The molecule has 1 unspecified atom stereocenters. The number of ether oxygens (including phenoxy) is 1. The number of fused-ring (bicyclic) bond motifs is 1. The zero-order valence-electron chi connectivity index (χ0n) is 13.1. The minimum Gasteiger partial charge on any atom is -0.497 e. The van der Waals surface area contributed by atoms with Gasteiger partial charge in [-0.05, 0) is 31.5 Å². The number of nitrogens with zero attached hydrogens (tertiary/aromatic N) is 1. The highest BCUT2D eigenvalue weighted by Gasteiger charge is 2.32.